The minimum absolute atomic E-state index is 0.0214. The zero-order chi connectivity index (χ0) is 16.8. The van der Waals surface area contributed by atoms with Crippen LogP contribution in [0.1, 0.15) is 36.7 Å². The van der Waals surface area contributed by atoms with Gasteiger partial charge >= 0.3 is 0 Å². The highest BCUT2D eigenvalue weighted by Crippen LogP contribution is 2.20. The standard InChI is InChI=1S/C18H22N4O2/c1-2-24-15-8-6-14(7-9-15)21-17-12-16(19-13-20-17)18(23)22-10-4-3-5-11-22/h6-9,12-13H,2-5,10-11H2,1H3,(H,19,20,21). The van der Waals surface area contributed by atoms with E-state index in [4.69, 9.17) is 4.74 Å². The van der Waals surface area contributed by atoms with Gasteiger partial charge in [0, 0.05) is 24.8 Å². The molecule has 2 heterocycles. The molecule has 1 aliphatic rings. The second-order valence-electron chi connectivity index (χ2n) is 5.72. The zero-order valence-corrected chi connectivity index (χ0v) is 13.9. The molecule has 0 unspecified atom stereocenters. The number of carbonyl (C=O) groups excluding carboxylic acids is 1. The molecule has 6 nitrogen and oxygen atoms in total. The van der Waals surface area contributed by atoms with Crippen LogP contribution in [0.25, 0.3) is 0 Å². The van der Waals surface area contributed by atoms with E-state index in [1.165, 1.54) is 12.7 Å². The number of carbonyl (C=O) groups is 1. The van der Waals surface area contributed by atoms with Crippen LogP contribution in [0.3, 0.4) is 0 Å². The molecular formula is C18H22N4O2. The normalized spacial score (nSPS) is 14.3. The molecule has 1 aromatic carbocycles. The Balaban J connectivity index is 1.69. The van der Waals surface area contributed by atoms with E-state index in [1.807, 2.05) is 36.1 Å². The van der Waals surface area contributed by atoms with E-state index in [0.29, 0.717) is 18.1 Å². The minimum atomic E-state index is -0.0214. The third kappa shape index (κ3) is 4.01. The Bertz CT molecular complexity index is 682. The van der Waals surface area contributed by atoms with Crippen molar-refractivity contribution in [3.05, 3.63) is 42.4 Å². The van der Waals surface area contributed by atoms with Gasteiger partial charge in [-0.2, -0.15) is 0 Å². The van der Waals surface area contributed by atoms with Gasteiger partial charge in [-0.15, -0.1) is 0 Å². The summed E-state index contributed by atoms with van der Waals surface area (Å²) in [7, 11) is 0. The number of benzene rings is 1. The number of rotatable bonds is 5. The highest BCUT2D eigenvalue weighted by molar-refractivity contribution is 5.93. The van der Waals surface area contributed by atoms with Crippen LogP contribution in [0.2, 0.25) is 0 Å². The Hall–Kier alpha value is -2.63. The van der Waals surface area contributed by atoms with Crippen molar-refractivity contribution in [2.45, 2.75) is 26.2 Å². The van der Waals surface area contributed by atoms with E-state index in [-0.39, 0.29) is 5.91 Å². The third-order valence-corrected chi connectivity index (χ3v) is 3.97. The summed E-state index contributed by atoms with van der Waals surface area (Å²) in [5.74, 6) is 1.41. The van der Waals surface area contributed by atoms with Crippen molar-refractivity contribution in [3.8, 4) is 5.75 Å². The van der Waals surface area contributed by atoms with E-state index in [0.717, 1.165) is 37.4 Å². The molecular weight excluding hydrogens is 304 g/mol. The van der Waals surface area contributed by atoms with Crippen molar-refractivity contribution in [2.75, 3.05) is 25.0 Å². The molecule has 1 aliphatic heterocycles. The molecule has 0 spiro atoms. The van der Waals surface area contributed by atoms with Crippen molar-refractivity contribution >= 4 is 17.4 Å². The number of anilines is 2. The number of ether oxygens (including phenoxy) is 1. The lowest BCUT2D eigenvalue weighted by Crippen LogP contribution is -2.36. The van der Waals surface area contributed by atoms with Gasteiger partial charge in [0.25, 0.3) is 5.91 Å². The van der Waals surface area contributed by atoms with E-state index >= 15 is 0 Å². The fraction of sp³-hybridized carbons (Fsp3) is 0.389. The topological polar surface area (TPSA) is 67.3 Å². The van der Waals surface area contributed by atoms with Crippen LogP contribution in [0, 0.1) is 0 Å². The van der Waals surface area contributed by atoms with Gasteiger partial charge in [0.05, 0.1) is 6.61 Å². The number of nitrogens with one attached hydrogen (secondary N) is 1. The first kappa shape index (κ1) is 16.2. The Kier molecular flexibility index (Phi) is 5.25. The lowest BCUT2D eigenvalue weighted by Gasteiger charge is -2.26. The molecule has 0 atom stereocenters. The number of amides is 1. The lowest BCUT2D eigenvalue weighted by molar-refractivity contribution is 0.0718. The average Bonchev–Trinajstić information content (AvgIpc) is 2.64. The smallest absolute Gasteiger partial charge is 0.272 e. The number of hydrogen-bond acceptors (Lipinski definition) is 5. The van der Waals surface area contributed by atoms with Crippen LogP contribution >= 0.6 is 0 Å². The Morgan fingerprint density at radius 1 is 1.17 bits per heavy atom. The number of piperidine rings is 1. The predicted molar refractivity (Wildman–Crippen MR) is 92.7 cm³/mol. The van der Waals surface area contributed by atoms with E-state index in [2.05, 4.69) is 15.3 Å². The monoisotopic (exact) mass is 326 g/mol. The number of likely N-dealkylation sites (tertiary alicyclic amines) is 1. The molecule has 1 aromatic heterocycles. The fourth-order valence-electron chi connectivity index (χ4n) is 2.75. The summed E-state index contributed by atoms with van der Waals surface area (Å²) in [5.41, 5.74) is 1.31. The van der Waals surface area contributed by atoms with Gasteiger partial charge in [0.15, 0.2) is 0 Å². The molecule has 1 amide bonds. The van der Waals surface area contributed by atoms with Crippen LogP contribution in [-0.4, -0.2) is 40.5 Å². The van der Waals surface area contributed by atoms with Crippen molar-refractivity contribution < 1.29 is 9.53 Å². The SMILES string of the molecule is CCOc1ccc(Nc2cc(C(=O)N3CCCCC3)ncn2)cc1. The summed E-state index contributed by atoms with van der Waals surface area (Å²) in [6.45, 7) is 4.21. The highest BCUT2D eigenvalue weighted by Gasteiger charge is 2.19. The molecule has 2 aromatic rings. The Labute approximate surface area is 141 Å². The summed E-state index contributed by atoms with van der Waals surface area (Å²) < 4.78 is 5.43. The van der Waals surface area contributed by atoms with Crippen molar-refractivity contribution in [3.63, 3.8) is 0 Å². The summed E-state index contributed by atoms with van der Waals surface area (Å²) in [6.07, 6.45) is 4.74. The van der Waals surface area contributed by atoms with E-state index in [9.17, 15) is 4.79 Å². The first-order valence-corrected chi connectivity index (χ1v) is 8.37. The number of hydrogen-bond donors (Lipinski definition) is 1. The van der Waals surface area contributed by atoms with Gasteiger partial charge in [-0.25, -0.2) is 9.97 Å². The van der Waals surface area contributed by atoms with Gasteiger partial charge in [-0.3, -0.25) is 4.79 Å². The molecule has 3 rings (SSSR count). The summed E-state index contributed by atoms with van der Waals surface area (Å²) in [6, 6.07) is 9.32. The number of nitrogens with zero attached hydrogens (tertiary/aromatic N) is 3. The maximum absolute atomic E-state index is 12.5. The lowest BCUT2D eigenvalue weighted by atomic mass is 10.1. The summed E-state index contributed by atoms with van der Waals surface area (Å²) >= 11 is 0. The Morgan fingerprint density at radius 2 is 1.92 bits per heavy atom. The third-order valence-electron chi connectivity index (χ3n) is 3.97. The van der Waals surface area contributed by atoms with E-state index in [1.54, 1.807) is 6.07 Å². The second-order valence-corrected chi connectivity index (χ2v) is 5.72. The highest BCUT2D eigenvalue weighted by atomic mass is 16.5. The average molecular weight is 326 g/mol. The summed E-state index contributed by atoms with van der Waals surface area (Å²) in [4.78, 5) is 22.7. The van der Waals surface area contributed by atoms with Crippen LogP contribution in [0.4, 0.5) is 11.5 Å². The molecule has 0 bridgehead atoms. The molecule has 0 radical (unpaired) electrons. The molecule has 1 N–H and O–H groups in total. The van der Waals surface area contributed by atoms with Crippen molar-refractivity contribution in [1.82, 2.24) is 14.9 Å². The molecule has 126 valence electrons. The van der Waals surface area contributed by atoms with Crippen LogP contribution in [0.15, 0.2) is 36.7 Å². The van der Waals surface area contributed by atoms with Gasteiger partial charge < -0.3 is 15.0 Å². The maximum Gasteiger partial charge on any atom is 0.272 e. The molecule has 0 saturated carbocycles. The quantitative estimate of drug-likeness (QED) is 0.913. The van der Waals surface area contributed by atoms with Gasteiger partial charge in [-0.1, -0.05) is 0 Å². The maximum atomic E-state index is 12.5. The first-order chi connectivity index (χ1) is 11.8. The molecule has 1 fully saturated rings. The number of aromatic nitrogens is 2. The summed E-state index contributed by atoms with van der Waals surface area (Å²) in [5, 5.41) is 3.19. The van der Waals surface area contributed by atoms with E-state index < -0.39 is 0 Å². The van der Waals surface area contributed by atoms with Crippen molar-refractivity contribution in [2.24, 2.45) is 0 Å². The second kappa shape index (κ2) is 7.77. The van der Waals surface area contributed by atoms with Gasteiger partial charge in [0.2, 0.25) is 0 Å². The van der Waals surface area contributed by atoms with Crippen molar-refractivity contribution in [1.29, 1.82) is 0 Å². The van der Waals surface area contributed by atoms with Crippen LogP contribution in [0.5, 0.6) is 5.75 Å². The predicted octanol–water partition coefficient (Wildman–Crippen LogP) is 3.25. The molecule has 24 heavy (non-hydrogen) atoms. The van der Waals surface area contributed by atoms with Crippen LogP contribution in [-0.2, 0) is 0 Å². The Morgan fingerprint density at radius 3 is 2.62 bits per heavy atom. The van der Waals surface area contributed by atoms with Crippen LogP contribution < -0.4 is 10.1 Å². The molecule has 6 heteroatoms. The zero-order valence-electron chi connectivity index (χ0n) is 13.9. The largest absolute Gasteiger partial charge is 0.494 e. The molecule has 0 aliphatic carbocycles. The fourth-order valence-corrected chi connectivity index (χ4v) is 2.75. The van der Waals surface area contributed by atoms with Gasteiger partial charge in [0.1, 0.15) is 23.6 Å². The molecule has 1 saturated heterocycles. The van der Waals surface area contributed by atoms with Gasteiger partial charge in [-0.05, 0) is 50.5 Å². The minimum Gasteiger partial charge on any atom is -0.494 e. The first-order valence-electron chi connectivity index (χ1n) is 8.37.